The average Bonchev–Trinajstić information content (AvgIpc) is 2.14. The molecule has 0 amide bonds. The third-order valence-electron chi connectivity index (χ3n) is 2.17. The minimum Gasteiger partial charge on any atom is -0.383 e. The van der Waals surface area contributed by atoms with Crippen LogP contribution >= 0.6 is 0 Å². The molecule has 0 saturated carbocycles. The molecule has 0 atom stereocenters. The number of benzene rings is 1. The van der Waals surface area contributed by atoms with Crippen LogP contribution in [0, 0.1) is 17.0 Å². The van der Waals surface area contributed by atoms with Gasteiger partial charge in [-0.1, -0.05) is 6.07 Å². The van der Waals surface area contributed by atoms with E-state index in [1.165, 1.54) is 12.1 Å². The van der Waals surface area contributed by atoms with E-state index in [2.05, 4.69) is 5.32 Å². The van der Waals surface area contributed by atoms with Gasteiger partial charge in [-0.25, -0.2) is 0 Å². The average molecular weight is 223 g/mol. The zero-order valence-electron chi connectivity index (χ0n) is 9.78. The first kappa shape index (κ1) is 12.4. The van der Waals surface area contributed by atoms with Crippen molar-refractivity contribution >= 4 is 11.4 Å². The van der Waals surface area contributed by atoms with Crippen molar-refractivity contribution in [1.82, 2.24) is 0 Å². The van der Waals surface area contributed by atoms with E-state index in [1.54, 1.807) is 6.07 Å². The SMILES string of the molecule is Cc1ccc([N+](=O)[O-])cc1NCC(C)(C)N. The quantitative estimate of drug-likeness (QED) is 0.604. The van der Waals surface area contributed by atoms with Crippen LogP contribution in [0.4, 0.5) is 11.4 Å². The molecule has 0 aliphatic carbocycles. The van der Waals surface area contributed by atoms with Crippen molar-refractivity contribution in [3.8, 4) is 0 Å². The lowest BCUT2D eigenvalue weighted by atomic mass is 10.1. The topological polar surface area (TPSA) is 81.2 Å². The van der Waals surface area contributed by atoms with Gasteiger partial charge in [0.05, 0.1) is 4.92 Å². The Kier molecular flexibility index (Phi) is 3.49. The molecule has 0 unspecified atom stereocenters. The summed E-state index contributed by atoms with van der Waals surface area (Å²) in [6.07, 6.45) is 0. The van der Waals surface area contributed by atoms with Crippen LogP contribution in [0.25, 0.3) is 0 Å². The lowest BCUT2D eigenvalue weighted by molar-refractivity contribution is -0.384. The van der Waals surface area contributed by atoms with Crippen molar-refractivity contribution in [2.24, 2.45) is 5.73 Å². The summed E-state index contributed by atoms with van der Waals surface area (Å²) in [5.41, 5.74) is 7.30. The number of nitro benzene ring substituents is 1. The van der Waals surface area contributed by atoms with Gasteiger partial charge in [0.1, 0.15) is 0 Å². The number of nitro groups is 1. The largest absolute Gasteiger partial charge is 0.383 e. The molecule has 88 valence electrons. The fourth-order valence-corrected chi connectivity index (χ4v) is 1.24. The van der Waals surface area contributed by atoms with E-state index in [9.17, 15) is 10.1 Å². The molecule has 0 radical (unpaired) electrons. The first-order valence-corrected chi connectivity index (χ1v) is 5.07. The lowest BCUT2D eigenvalue weighted by Gasteiger charge is -2.20. The molecule has 0 aliphatic rings. The molecular weight excluding hydrogens is 206 g/mol. The molecule has 0 fully saturated rings. The summed E-state index contributed by atoms with van der Waals surface area (Å²) in [6, 6.07) is 4.75. The normalized spacial score (nSPS) is 11.2. The smallest absolute Gasteiger partial charge is 0.271 e. The number of nitrogens with two attached hydrogens (primary N) is 1. The van der Waals surface area contributed by atoms with E-state index >= 15 is 0 Å². The summed E-state index contributed by atoms with van der Waals surface area (Å²) in [5.74, 6) is 0. The van der Waals surface area contributed by atoms with Crippen molar-refractivity contribution in [3.63, 3.8) is 0 Å². The van der Waals surface area contributed by atoms with Gasteiger partial charge in [0.25, 0.3) is 5.69 Å². The van der Waals surface area contributed by atoms with Crippen LogP contribution in [-0.2, 0) is 0 Å². The second-order valence-corrected chi connectivity index (χ2v) is 4.60. The van der Waals surface area contributed by atoms with Crippen LogP contribution in [0.5, 0.6) is 0 Å². The monoisotopic (exact) mass is 223 g/mol. The molecule has 5 heteroatoms. The molecule has 0 heterocycles. The summed E-state index contributed by atoms with van der Waals surface area (Å²) in [4.78, 5) is 10.2. The van der Waals surface area contributed by atoms with Gasteiger partial charge in [-0.05, 0) is 26.3 Å². The Balaban J connectivity index is 2.86. The number of non-ortho nitro benzene ring substituents is 1. The van der Waals surface area contributed by atoms with Gasteiger partial charge in [-0.3, -0.25) is 10.1 Å². The van der Waals surface area contributed by atoms with E-state index in [0.29, 0.717) is 6.54 Å². The third kappa shape index (κ3) is 3.51. The second-order valence-electron chi connectivity index (χ2n) is 4.60. The van der Waals surface area contributed by atoms with Gasteiger partial charge in [-0.2, -0.15) is 0 Å². The van der Waals surface area contributed by atoms with Crippen molar-refractivity contribution < 1.29 is 4.92 Å². The van der Waals surface area contributed by atoms with E-state index in [-0.39, 0.29) is 11.2 Å². The Hall–Kier alpha value is -1.62. The number of aryl methyl sites for hydroxylation is 1. The van der Waals surface area contributed by atoms with Gasteiger partial charge < -0.3 is 11.1 Å². The molecule has 0 aliphatic heterocycles. The molecule has 1 aromatic carbocycles. The van der Waals surface area contributed by atoms with E-state index in [0.717, 1.165) is 11.3 Å². The number of nitrogens with one attached hydrogen (secondary N) is 1. The first-order chi connectivity index (χ1) is 7.29. The first-order valence-electron chi connectivity index (χ1n) is 5.07. The number of hydrogen-bond donors (Lipinski definition) is 2. The van der Waals surface area contributed by atoms with Crippen molar-refractivity contribution in [2.45, 2.75) is 26.3 Å². The fraction of sp³-hybridized carbons (Fsp3) is 0.455. The van der Waals surface area contributed by atoms with Gasteiger partial charge in [-0.15, -0.1) is 0 Å². The van der Waals surface area contributed by atoms with Gasteiger partial charge in [0.15, 0.2) is 0 Å². The number of nitrogens with zero attached hydrogens (tertiary/aromatic N) is 1. The van der Waals surface area contributed by atoms with E-state index < -0.39 is 4.92 Å². The Morgan fingerprint density at radius 2 is 2.12 bits per heavy atom. The maximum Gasteiger partial charge on any atom is 0.271 e. The molecule has 1 rings (SSSR count). The zero-order chi connectivity index (χ0) is 12.3. The number of hydrogen-bond acceptors (Lipinski definition) is 4. The van der Waals surface area contributed by atoms with Crippen LogP contribution in [-0.4, -0.2) is 17.0 Å². The minimum absolute atomic E-state index is 0.0860. The third-order valence-corrected chi connectivity index (χ3v) is 2.17. The van der Waals surface area contributed by atoms with Gasteiger partial charge >= 0.3 is 0 Å². The summed E-state index contributed by atoms with van der Waals surface area (Å²) >= 11 is 0. The molecular formula is C11H17N3O2. The van der Waals surface area contributed by atoms with Gasteiger partial charge in [0.2, 0.25) is 0 Å². The Morgan fingerprint density at radius 1 is 1.50 bits per heavy atom. The van der Waals surface area contributed by atoms with Crippen LogP contribution in [0.2, 0.25) is 0 Å². The minimum atomic E-state index is -0.405. The van der Waals surface area contributed by atoms with E-state index in [1.807, 2.05) is 20.8 Å². The molecule has 0 spiro atoms. The van der Waals surface area contributed by atoms with Crippen LogP contribution in [0.1, 0.15) is 19.4 Å². The predicted molar refractivity (Wildman–Crippen MR) is 64.6 cm³/mol. The summed E-state index contributed by atoms with van der Waals surface area (Å²) in [5, 5.41) is 13.7. The summed E-state index contributed by atoms with van der Waals surface area (Å²) < 4.78 is 0. The highest BCUT2D eigenvalue weighted by Gasteiger charge is 2.12. The predicted octanol–water partition coefficient (Wildman–Crippen LogP) is 2.05. The summed E-state index contributed by atoms with van der Waals surface area (Å²) in [7, 11) is 0. The number of anilines is 1. The molecule has 5 nitrogen and oxygen atoms in total. The Bertz CT molecular complexity index is 397. The Labute approximate surface area is 94.8 Å². The highest BCUT2D eigenvalue weighted by molar-refractivity contribution is 5.56. The van der Waals surface area contributed by atoms with Crippen molar-refractivity contribution in [1.29, 1.82) is 0 Å². The molecule has 0 saturated heterocycles. The van der Waals surface area contributed by atoms with Crippen molar-refractivity contribution in [2.75, 3.05) is 11.9 Å². The molecule has 1 aromatic rings. The molecule has 16 heavy (non-hydrogen) atoms. The molecule has 3 N–H and O–H groups in total. The highest BCUT2D eigenvalue weighted by Crippen LogP contribution is 2.22. The standard InChI is InChI=1S/C11H17N3O2/c1-8-4-5-9(14(15)16)6-10(8)13-7-11(2,3)12/h4-6,13H,7,12H2,1-3H3. The van der Waals surface area contributed by atoms with Crippen molar-refractivity contribution in [3.05, 3.63) is 33.9 Å². The summed E-state index contributed by atoms with van der Waals surface area (Å²) in [6.45, 7) is 6.25. The number of rotatable bonds is 4. The maximum absolute atomic E-state index is 10.6. The molecule has 0 bridgehead atoms. The molecule has 0 aromatic heterocycles. The second kappa shape index (κ2) is 4.49. The van der Waals surface area contributed by atoms with Gasteiger partial charge in [0, 0.05) is 29.9 Å². The van der Waals surface area contributed by atoms with Crippen LogP contribution in [0.3, 0.4) is 0 Å². The maximum atomic E-state index is 10.6. The van der Waals surface area contributed by atoms with E-state index in [4.69, 9.17) is 5.73 Å². The fourth-order valence-electron chi connectivity index (χ4n) is 1.24. The van der Waals surface area contributed by atoms with Crippen LogP contribution < -0.4 is 11.1 Å². The Morgan fingerprint density at radius 3 is 2.62 bits per heavy atom. The van der Waals surface area contributed by atoms with Crippen LogP contribution in [0.15, 0.2) is 18.2 Å². The zero-order valence-corrected chi connectivity index (χ0v) is 9.78. The highest BCUT2D eigenvalue weighted by atomic mass is 16.6. The lowest BCUT2D eigenvalue weighted by Crippen LogP contribution is -2.39.